The van der Waals surface area contributed by atoms with Crippen molar-refractivity contribution in [3.8, 4) is 0 Å². The lowest BCUT2D eigenvalue weighted by molar-refractivity contribution is 0.103. The Balaban J connectivity index is 1.48. The fraction of sp³-hybridized carbons (Fsp3) is 0.800. The predicted molar refractivity (Wildman–Crippen MR) is 78.5 cm³/mol. The van der Waals surface area contributed by atoms with Crippen LogP contribution in [0.3, 0.4) is 0 Å². The van der Waals surface area contributed by atoms with E-state index in [2.05, 4.69) is 15.3 Å². The Morgan fingerprint density at radius 2 is 1.86 bits per heavy atom. The van der Waals surface area contributed by atoms with Gasteiger partial charge in [-0.2, -0.15) is 4.98 Å². The Bertz CT molecular complexity index is 474. The van der Waals surface area contributed by atoms with Crippen LogP contribution in [0.1, 0.15) is 75.4 Å². The van der Waals surface area contributed by atoms with Crippen molar-refractivity contribution in [3.63, 3.8) is 0 Å². The Kier molecular flexibility index (Phi) is 4.72. The number of amidine groups is 1. The summed E-state index contributed by atoms with van der Waals surface area (Å²) in [6, 6.07) is 0. The lowest BCUT2D eigenvalue weighted by atomic mass is 9.89. The molecule has 0 radical (unpaired) electrons. The molecule has 2 aliphatic carbocycles. The molecular weight excluding hydrogens is 268 g/mol. The molecule has 0 aliphatic heterocycles. The first-order chi connectivity index (χ1) is 10.3. The van der Waals surface area contributed by atoms with Gasteiger partial charge in [-0.15, -0.1) is 0 Å². The minimum Gasteiger partial charge on any atom is -0.384 e. The summed E-state index contributed by atoms with van der Waals surface area (Å²) in [5, 5.41) is 8.06. The molecule has 6 nitrogen and oxygen atoms in total. The van der Waals surface area contributed by atoms with Crippen LogP contribution in [-0.4, -0.2) is 16.0 Å². The molecule has 1 heterocycles. The lowest BCUT2D eigenvalue weighted by Crippen LogP contribution is -2.26. The van der Waals surface area contributed by atoms with Crippen LogP contribution in [-0.2, 0) is 11.4 Å². The molecular formula is C15H24N4O2. The highest BCUT2D eigenvalue weighted by Gasteiger charge is 2.22. The Morgan fingerprint density at radius 3 is 2.62 bits per heavy atom. The van der Waals surface area contributed by atoms with E-state index in [1.54, 1.807) is 0 Å². The summed E-state index contributed by atoms with van der Waals surface area (Å²) in [6.45, 7) is 0.202. The molecule has 6 heteroatoms. The second kappa shape index (κ2) is 6.91. The summed E-state index contributed by atoms with van der Waals surface area (Å²) in [6.07, 6.45) is 10.8. The van der Waals surface area contributed by atoms with Crippen molar-refractivity contribution in [2.24, 2.45) is 16.8 Å². The minimum absolute atomic E-state index is 0.202. The Hall–Kier alpha value is -1.59. The first-order valence-corrected chi connectivity index (χ1v) is 8.10. The van der Waals surface area contributed by atoms with Crippen molar-refractivity contribution in [1.29, 1.82) is 0 Å². The van der Waals surface area contributed by atoms with Gasteiger partial charge in [0.05, 0.1) is 0 Å². The zero-order valence-corrected chi connectivity index (χ0v) is 12.5. The van der Waals surface area contributed by atoms with Crippen LogP contribution in [0, 0.1) is 5.92 Å². The van der Waals surface area contributed by atoms with Crippen LogP contribution < -0.4 is 5.73 Å². The summed E-state index contributed by atoms with van der Waals surface area (Å²) < 4.78 is 5.21. The second-order valence-electron chi connectivity index (χ2n) is 6.15. The molecule has 0 saturated heterocycles. The molecule has 3 rings (SSSR count). The minimum atomic E-state index is 0.202. The monoisotopic (exact) mass is 292 g/mol. The second-order valence-corrected chi connectivity index (χ2v) is 6.15. The van der Waals surface area contributed by atoms with Crippen LogP contribution in [0.2, 0.25) is 0 Å². The molecule has 1 aromatic rings. The van der Waals surface area contributed by atoms with Gasteiger partial charge in [0, 0.05) is 11.8 Å². The Morgan fingerprint density at radius 1 is 1.14 bits per heavy atom. The quantitative estimate of drug-likeness (QED) is 0.512. The average Bonchev–Trinajstić information content (AvgIpc) is 3.19. The van der Waals surface area contributed by atoms with E-state index >= 15 is 0 Å². The third-order valence-electron chi connectivity index (χ3n) is 4.59. The Labute approximate surface area is 125 Å². The number of aromatic nitrogens is 2. The van der Waals surface area contributed by atoms with Crippen molar-refractivity contribution in [2.45, 2.75) is 70.3 Å². The standard InChI is InChI=1S/C15H24N4O2/c16-14(11-6-2-1-3-7-11)18-20-10-13-17-15(19-21-13)12-8-4-5-9-12/h11-12H,1-10H2,(H2,16,18). The molecule has 2 aliphatic rings. The van der Waals surface area contributed by atoms with E-state index in [-0.39, 0.29) is 6.61 Å². The van der Waals surface area contributed by atoms with Gasteiger partial charge in [-0.05, 0) is 25.7 Å². The fourth-order valence-corrected chi connectivity index (χ4v) is 3.31. The highest BCUT2D eigenvalue weighted by molar-refractivity contribution is 5.82. The van der Waals surface area contributed by atoms with Crippen LogP contribution in [0.25, 0.3) is 0 Å². The van der Waals surface area contributed by atoms with E-state index in [1.165, 1.54) is 32.1 Å². The first-order valence-electron chi connectivity index (χ1n) is 8.10. The van der Waals surface area contributed by atoms with Gasteiger partial charge in [-0.25, -0.2) is 0 Å². The molecule has 1 aromatic heterocycles. The molecule has 0 amide bonds. The summed E-state index contributed by atoms with van der Waals surface area (Å²) in [7, 11) is 0. The van der Waals surface area contributed by atoms with Crippen molar-refractivity contribution in [3.05, 3.63) is 11.7 Å². The maximum absolute atomic E-state index is 5.98. The van der Waals surface area contributed by atoms with Crippen LogP contribution >= 0.6 is 0 Å². The summed E-state index contributed by atoms with van der Waals surface area (Å²) in [5.41, 5.74) is 5.98. The molecule has 0 aromatic carbocycles. The molecule has 2 fully saturated rings. The van der Waals surface area contributed by atoms with E-state index in [4.69, 9.17) is 15.1 Å². The molecule has 116 valence electrons. The molecule has 0 spiro atoms. The number of hydrogen-bond acceptors (Lipinski definition) is 5. The van der Waals surface area contributed by atoms with E-state index in [0.29, 0.717) is 23.6 Å². The van der Waals surface area contributed by atoms with Gasteiger partial charge in [-0.3, -0.25) is 0 Å². The summed E-state index contributed by atoms with van der Waals surface area (Å²) in [4.78, 5) is 9.67. The van der Waals surface area contributed by atoms with Crippen molar-refractivity contribution in [2.75, 3.05) is 0 Å². The topological polar surface area (TPSA) is 86.5 Å². The highest BCUT2D eigenvalue weighted by Crippen LogP contribution is 2.32. The highest BCUT2D eigenvalue weighted by atomic mass is 16.6. The molecule has 0 atom stereocenters. The van der Waals surface area contributed by atoms with Gasteiger partial charge in [0.2, 0.25) is 0 Å². The maximum atomic E-state index is 5.98. The van der Waals surface area contributed by atoms with Gasteiger partial charge in [0.25, 0.3) is 5.89 Å². The molecule has 2 N–H and O–H groups in total. The van der Waals surface area contributed by atoms with Crippen molar-refractivity contribution in [1.82, 2.24) is 10.1 Å². The third-order valence-corrected chi connectivity index (χ3v) is 4.59. The third kappa shape index (κ3) is 3.74. The normalized spacial score (nSPS) is 21.8. The molecule has 21 heavy (non-hydrogen) atoms. The zero-order valence-electron chi connectivity index (χ0n) is 12.5. The smallest absolute Gasteiger partial charge is 0.267 e. The van der Waals surface area contributed by atoms with Gasteiger partial charge in [-0.1, -0.05) is 42.4 Å². The first kappa shape index (κ1) is 14.4. The maximum Gasteiger partial charge on any atom is 0.267 e. The molecule has 0 unspecified atom stereocenters. The SMILES string of the molecule is N/C(=N/OCc1nc(C2CCCC2)no1)C1CCCCC1. The number of nitrogens with two attached hydrogens (primary N) is 1. The van der Waals surface area contributed by atoms with Gasteiger partial charge < -0.3 is 15.1 Å². The van der Waals surface area contributed by atoms with E-state index in [1.807, 2.05) is 0 Å². The number of nitrogens with zero attached hydrogens (tertiary/aromatic N) is 3. The summed E-state index contributed by atoms with van der Waals surface area (Å²) in [5.74, 6) is 2.73. The fourth-order valence-electron chi connectivity index (χ4n) is 3.31. The number of hydrogen-bond donors (Lipinski definition) is 1. The van der Waals surface area contributed by atoms with Gasteiger partial charge in [0.1, 0.15) is 5.84 Å². The van der Waals surface area contributed by atoms with E-state index < -0.39 is 0 Å². The summed E-state index contributed by atoms with van der Waals surface area (Å²) >= 11 is 0. The van der Waals surface area contributed by atoms with Crippen LogP contribution in [0.4, 0.5) is 0 Å². The predicted octanol–water partition coefficient (Wildman–Crippen LogP) is 3.10. The molecule has 0 bridgehead atoms. The number of rotatable bonds is 5. The zero-order chi connectivity index (χ0) is 14.5. The van der Waals surface area contributed by atoms with Gasteiger partial charge in [0.15, 0.2) is 12.4 Å². The van der Waals surface area contributed by atoms with Crippen LogP contribution in [0.5, 0.6) is 0 Å². The van der Waals surface area contributed by atoms with Crippen molar-refractivity contribution >= 4 is 5.84 Å². The van der Waals surface area contributed by atoms with E-state index in [0.717, 1.165) is 31.5 Å². The van der Waals surface area contributed by atoms with Gasteiger partial charge >= 0.3 is 0 Å². The van der Waals surface area contributed by atoms with Crippen molar-refractivity contribution < 1.29 is 9.36 Å². The van der Waals surface area contributed by atoms with Crippen LogP contribution in [0.15, 0.2) is 9.68 Å². The average molecular weight is 292 g/mol. The number of oxime groups is 1. The molecule has 2 saturated carbocycles. The lowest BCUT2D eigenvalue weighted by Gasteiger charge is -2.20. The van der Waals surface area contributed by atoms with E-state index in [9.17, 15) is 0 Å². The largest absolute Gasteiger partial charge is 0.384 e.